The number of amides is 1. The van der Waals surface area contributed by atoms with Crippen molar-refractivity contribution < 1.29 is 9.32 Å². The lowest BCUT2D eigenvalue weighted by Gasteiger charge is -2.27. The highest BCUT2D eigenvalue weighted by Gasteiger charge is 2.53. The molecule has 2 aromatic heterocycles. The van der Waals surface area contributed by atoms with Crippen LogP contribution in [0, 0.1) is 5.41 Å². The summed E-state index contributed by atoms with van der Waals surface area (Å²) in [6.45, 7) is 3.16. The van der Waals surface area contributed by atoms with Crippen LogP contribution in [-0.2, 0) is 0 Å². The van der Waals surface area contributed by atoms with Gasteiger partial charge in [0.1, 0.15) is 5.69 Å². The summed E-state index contributed by atoms with van der Waals surface area (Å²) < 4.78 is 5.67. The minimum atomic E-state index is -0.0780. The van der Waals surface area contributed by atoms with Gasteiger partial charge in [0.15, 0.2) is 0 Å². The lowest BCUT2D eigenvalue weighted by Crippen LogP contribution is -2.34. The third-order valence-electron chi connectivity index (χ3n) is 6.06. The molecule has 0 unspecified atom stereocenters. The van der Waals surface area contributed by atoms with Crippen molar-refractivity contribution in [2.45, 2.75) is 12.3 Å². The maximum absolute atomic E-state index is 13.1. The summed E-state index contributed by atoms with van der Waals surface area (Å²) in [5.41, 5.74) is 1.21. The second-order valence-corrected chi connectivity index (χ2v) is 8.00. The van der Waals surface area contributed by atoms with Gasteiger partial charge in [0.25, 0.3) is 5.91 Å². The third-order valence-corrected chi connectivity index (χ3v) is 6.06. The molecule has 5 rings (SSSR count). The second-order valence-electron chi connectivity index (χ2n) is 8.00. The Bertz CT molecular complexity index is 1010. The summed E-state index contributed by atoms with van der Waals surface area (Å²) in [7, 11) is 2.12. The monoisotopic (exact) mass is 390 g/mol. The van der Waals surface area contributed by atoms with Crippen LogP contribution in [0.5, 0.6) is 0 Å². The van der Waals surface area contributed by atoms with Crippen molar-refractivity contribution in [1.82, 2.24) is 29.9 Å². The van der Waals surface area contributed by atoms with Crippen LogP contribution in [0.1, 0.15) is 28.6 Å². The summed E-state index contributed by atoms with van der Waals surface area (Å²) in [5, 5.41) is 4.13. The quantitative estimate of drug-likeness (QED) is 0.676. The molecule has 148 valence electrons. The molecule has 0 aliphatic carbocycles. The van der Waals surface area contributed by atoms with E-state index in [2.05, 4.69) is 32.1 Å². The summed E-state index contributed by atoms with van der Waals surface area (Å²) in [6.07, 6.45) is 5.83. The molecular weight excluding hydrogens is 368 g/mol. The fraction of sp³-hybridized carbons (Fsp3) is 0.381. The average molecular weight is 390 g/mol. The number of benzene rings is 1. The maximum Gasteiger partial charge on any atom is 0.253 e. The van der Waals surface area contributed by atoms with Crippen molar-refractivity contribution in [2.75, 3.05) is 33.2 Å². The molecule has 2 saturated heterocycles. The van der Waals surface area contributed by atoms with Crippen LogP contribution in [0.4, 0.5) is 0 Å². The molecule has 8 nitrogen and oxygen atoms in total. The normalized spacial score (nSPS) is 24.4. The van der Waals surface area contributed by atoms with Gasteiger partial charge >= 0.3 is 0 Å². The van der Waals surface area contributed by atoms with Gasteiger partial charge in [-0.15, -0.1) is 0 Å². The van der Waals surface area contributed by atoms with Crippen molar-refractivity contribution in [3.8, 4) is 11.5 Å². The fourth-order valence-corrected chi connectivity index (χ4v) is 4.64. The zero-order valence-electron chi connectivity index (χ0n) is 16.2. The first-order valence-corrected chi connectivity index (χ1v) is 9.77. The van der Waals surface area contributed by atoms with Crippen LogP contribution in [0.25, 0.3) is 11.5 Å². The van der Waals surface area contributed by atoms with Crippen LogP contribution in [0.3, 0.4) is 0 Å². The van der Waals surface area contributed by atoms with Gasteiger partial charge in [-0.05, 0) is 32.1 Å². The molecule has 0 radical (unpaired) electrons. The van der Waals surface area contributed by atoms with Crippen molar-refractivity contribution >= 4 is 5.91 Å². The predicted octanol–water partition coefficient (Wildman–Crippen LogP) is 2.09. The SMILES string of the molecule is CN1CC[C@]2(C1)CN(C(=O)c1ccccc1)C[C@H]2c1nc(-c2cnccn2)no1. The molecular formula is C21H22N6O2. The number of carbonyl (C=O) groups is 1. The second kappa shape index (κ2) is 7.04. The highest BCUT2D eigenvalue weighted by molar-refractivity contribution is 5.94. The van der Waals surface area contributed by atoms with Gasteiger partial charge in [0, 0.05) is 43.0 Å². The summed E-state index contributed by atoms with van der Waals surface area (Å²) in [4.78, 5) is 30.3. The Labute approximate surface area is 168 Å². The van der Waals surface area contributed by atoms with Crippen LogP contribution < -0.4 is 0 Å². The Morgan fingerprint density at radius 1 is 1.21 bits per heavy atom. The number of hydrogen-bond acceptors (Lipinski definition) is 7. The summed E-state index contributed by atoms with van der Waals surface area (Å²) in [5.74, 6) is 1.06. The van der Waals surface area contributed by atoms with Crippen LogP contribution >= 0.6 is 0 Å². The minimum Gasteiger partial charge on any atom is -0.339 e. The third kappa shape index (κ3) is 3.19. The zero-order chi connectivity index (χ0) is 19.8. The number of likely N-dealkylation sites (tertiary alicyclic amines) is 2. The van der Waals surface area contributed by atoms with Crippen molar-refractivity contribution in [1.29, 1.82) is 0 Å². The molecule has 1 spiro atoms. The Kier molecular flexibility index (Phi) is 4.35. The molecule has 4 heterocycles. The van der Waals surface area contributed by atoms with E-state index >= 15 is 0 Å². The molecule has 2 aliphatic heterocycles. The highest BCUT2D eigenvalue weighted by atomic mass is 16.5. The van der Waals surface area contributed by atoms with Gasteiger partial charge < -0.3 is 14.3 Å². The Morgan fingerprint density at radius 2 is 2.07 bits per heavy atom. The number of hydrogen-bond donors (Lipinski definition) is 0. The standard InChI is InChI=1S/C21H22N6O2/c1-26-10-7-21(13-26)14-27(20(28)15-5-3-2-4-6-15)12-16(21)19-24-18(25-29-19)17-11-22-8-9-23-17/h2-6,8-9,11,16H,7,10,12-14H2,1H3/t16-,21-/m0/s1. The molecule has 2 fully saturated rings. The molecule has 29 heavy (non-hydrogen) atoms. The van der Waals surface area contributed by atoms with E-state index < -0.39 is 0 Å². The average Bonchev–Trinajstić information content (AvgIpc) is 3.48. The fourth-order valence-electron chi connectivity index (χ4n) is 4.64. The Balaban J connectivity index is 1.46. The van der Waals surface area contributed by atoms with E-state index in [1.165, 1.54) is 0 Å². The van der Waals surface area contributed by atoms with E-state index in [4.69, 9.17) is 4.52 Å². The number of aromatic nitrogens is 4. The van der Waals surface area contributed by atoms with E-state index in [1.807, 2.05) is 35.2 Å². The van der Waals surface area contributed by atoms with E-state index in [0.29, 0.717) is 36.1 Å². The lowest BCUT2D eigenvalue weighted by molar-refractivity contribution is 0.0774. The van der Waals surface area contributed by atoms with Gasteiger partial charge in [-0.2, -0.15) is 4.98 Å². The molecule has 1 aromatic carbocycles. The van der Waals surface area contributed by atoms with Crippen LogP contribution in [0.15, 0.2) is 53.4 Å². The first-order valence-electron chi connectivity index (χ1n) is 9.77. The number of carbonyl (C=O) groups excluding carboxylic acids is 1. The Hall–Kier alpha value is -3.13. The molecule has 2 atom stereocenters. The van der Waals surface area contributed by atoms with Crippen molar-refractivity contribution in [2.24, 2.45) is 5.41 Å². The topological polar surface area (TPSA) is 88.2 Å². The highest BCUT2D eigenvalue weighted by Crippen LogP contribution is 2.48. The van der Waals surface area contributed by atoms with Gasteiger partial charge in [-0.3, -0.25) is 9.78 Å². The van der Waals surface area contributed by atoms with Gasteiger partial charge in [-0.1, -0.05) is 23.4 Å². The smallest absolute Gasteiger partial charge is 0.253 e. The van der Waals surface area contributed by atoms with Gasteiger partial charge in [0.2, 0.25) is 11.7 Å². The number of nitrogens with zero attached hydrogens (tertiary/aromatic N) is 6. The lowest BCUT2D eigenvalue weighted by atomic mass is 9.77. The molecule has 8 heteroatoms. The van der Waals surface area contributed by atoms with E-state index in [-0.39, 0.29) is 17.2 Å². The van der Waals surface area contributed by atoms with Crippen molar-refractivity contribution in [3.63, 3.8) is 0 Å². The van der Waals surface area contributed by atoms with Gasteiger partial charge in [-0.25, -0.2) is 4.98 Å². The largest absolute Gasteiger partial charge is 0.339 e. The van der Waals surface area contributed by atoms with E-state index in [9.17, 15) is 4.79 Å². The molecule has 2 aliphatic rings. The minimum absolute atomic E-state index is 0.00182. The molecule has 3 aromatic rings. The predicted molar refractivity (Wildman–Crippen MR) is 105 cm³/mol. The van der Waals surface area contributed by atoms with Crippen LogP contribution in [0.2, 0.25) is 0 Å². The zero-order valence-corrected chi connectivity index (χ0v) is 16.2. The summed E-state index contributed by atoms with van der Waals surface area (Å²) in [6, 6.07) is 9.43. The number of rotatable bonds is 3. The molecule has 1 amide bonds. The summed E-state index contributed by atoms with van der Waals surface area (Å²) >= 11 is 0. The first-order chi connectivity index (χ1) is 14.1. The van der Waals surface area contributed by atoms with Gasteiger partial charge in [0.05, 0.1) is 12.1 Å². The Morgan fingerprint density at radius 3 is 2.79 bits per heavy atom. The molecule has 0 saturated carbocycles. The van der Waals surface area contributed by atoms with E-state index in [1.54, 1.807) is 18.6 Å². The first kappa shape index (κ1) is 17.9. The molecule has 0 bridgehead atoms. The molecule has 0 N–H and O–H groups in total. The maximum atomic E-state index is 13.1. The van der Waals surface area contributed by atoms with Crippen LogP contribution in [-0.4, -0.2) is 69.0 Å². The van der Waals surface area contributed by atoms with Crippen molar-refractivity contribution in [3.05, 3.63) is 60.4 Å². The van der Waals surface area contributed by atoms with E-state index in [0.717, 1.165) is 19.5 Å².